The largest absolute Gasteiger partial charge is 0.453 e. The molecule has 0 radical (unpaired) electrons. The summed E-state index contributed by atoms with van der Waals surface area (Å²) in [6, 6.07) is 0.148. The summed E-state index contributed by atoms with van der Waals surface area (Å²) in [7, 11) is 1.40. The number of hydrogen-bond donors (Lipinski definition) is 1. The molecular weight excluding hydrogens is 226 g/mol. The van der Waals surface area contributed by atoms with E-state index in [-0.39, 0.29) is 12.1 Å². The Bertz CT molecular complexity index is 265. The van der Waals surface area contributed by atoms with Gasteiger partial charge in [-0.2, -0.15) is 0 Å². The normalized spacial score (nSPS) is 19.2. The summed E-state index contributed by atoms with van der Waals surface area (Å²) in [4.78, 5) is 15.7. The standard InChI is InChI=1S/C10H19N3O2S/c1-3-8(9(11)16)12-4-6-13(7-5-12)10(14)15-2/h8H,3-7H2,1-2H3,(H2,11,16). The first-order valence-corrected chi connectivity index (χ1v) is 5.87. The second-order valence-corrected chi connectivity index (χ2v) is 4.29. The second kappa shape index (κ2) is 6.00. The maximum Gasteiger partial charge on any atom is 0.409 e. The van der Waals surface area contributed by atoms with Crippen LogP contribution in [0.2, 0.25) is 0 Å². The van der Waals surface area contributed by atoms with Gasteiger partial charge in [0.15, 0.2) is 0 Å². The number of amides is 1. The minimum atomic E-state index is -0.261. The lowest BCUT2D eigenvalue weighted by Gasteiger charge is -2.37. The Kier molecular flexibility index (Phi) is 4.95. The molecule has 1 unspecified atom stereocenters. The van der Waals surface area contributed by atoms with Gasteiger partial charge in [0.25, 0.3) is 0 Å². The number of ether oxygens (including phenoxy) is 1. The molecule has 5 nitrogen and oxygen atoms in total. The highest BCUT2D eigenvalue weighted by atomic mass is 32.1. The van der Waals surface area contributed by atoms with Crippen molar-refractivity contribution in [1.29, 1.82) is 0 Å². The fourth-order valence-corrected chi connectivity index (χ4v) is 2.30. The predicted octanol–water partition coefficient (Wildman–Crippen LogP) is 0.435. The molecule has 6 heteroatoms. The Hall–Kier alpha value is -0.880. The van der Waals surface area contributed by atoms with Crippen molar-refractivity contribution in [3.05, 3.63) is 0 Å². The number of methoxy groups -OCH3 is 1. The van der Waals surface area contributed by atoms with Crippen LogP contribution in [0.4, 0.5) is 4.79 Å². The highest BCUT2D eigenvalue weighted by molar-refractivity contribution is 7.80. The molecule has 0 saturated carbocycles. The summed E-state index contributed by atoms with van der Waals surface area (Å²) in [6.45, 7) is 5.00. The molecule has 0 aromatic carbocycles. The summed E-state index contributed by atoms with van der Waals surface area (Å²) in [5.74, 6) is 0. The fraction of sp³-hybridized carbons (Fsp3) is 0.800. The zero-order chi connectivity index (χ0) is 12.1. The van der Waals surface area contributed by atoms with Gasteiger partial charge in [-0.15, -0.1) is 0 Å². The molecule has 0 aliphatic carbocycles. The molecule has 0 bridgehead atoms. The van der Waals surface area contributed by atoms with Crippen LogP contribution in [0.25, 0.3) is 0 Å². The van der Waals surface area contributed by atoms with E-state index < -0.39 is 0 Å². The summed E-state index contributed by atoms with van der Waals surface area (Å²) < 4.78 is 4.68. The van der Waals surface area contributed by atoms with E-state index >= 15 is 0 Å². The van der Waals surface area contributed by atoms with Crippen LogP contribution in [0.1, 0.15) is 13.3 Å². The van der Waals surface area contributed by atoms with Gasteiger partial charge in [0.2, 0.25) is 0 Å². The molecule has 1 aliphatic heterocycles. The molecule has 2 N–H and O–H groups in total. The van der Waals surface area contributed by atoms with E-state index in [2.05, 4.69) is 16.6 Å². The van der Waals surface area contributed by atoms with Crippen LogP contribution in [-0.2, 0) is 4.74 Å². The van der Waals surface area contributed by atoms with Gasteiger partial charge in [-0.1, -0.05) is 19.1 Å². The van der Waals surface area contributed by atoms with E-state index in [1.165, 1.54) is 7.11 Å². The quantitative estimate of drug-likeness (QED) is 0.731. The van der Waals surface area contributed by atoms with Gasteiger partial charge in [0.05, 0.1) is 18.1 Å². The SMILES string of the molecule is CCC(C(N)=S)N1CCN(C(=O)OC)CC1. The van der Waals surface area contributed by atoms with Crippen molar-refractivity contribution >= 4 is 23.3 Å². The summed E-state index contributed by atoms with van der Waals surface area (Å²) in [6.07, 6.45) is 0.649. The monoisotopic (exact) mass is 245 g/mol. The number of piperazine rings is 1. The molecule has 1 rings (SSSR count). The Balaban J connectivity index is 2.47. The molecule has 1 heterocycles. The number of carbonyl (C=O) groups excluding carboxylic acids is 1. The zero-order valence-corrected chi connectivity index (χ0v) is 10.6. The minimum Gasteiger partial charge on any atom is -0.453 e. The first kappa shape index (κ1) is 13.2. The molecule has 0 aromatic rings. The van der Waals surface area contributed by atoms with E-state index in [0.717, 1.165) is 19.5 Å². The average molecular weight is 245 g/mol. The van der Waals surface area contributed by atoms with Crippen molar-refractivity contribution in [3.8, 4) is 0 Å². The summed E-state index contributed by atoms with van der Waals surface area (Å²) in [5, 5.41) is 0. The van der Waals surface area contributed by atoms with Crippen LogP contribution < -0.4 is 5.73 Å². The van der Waals surface area contributed by atoms with Gasteiger partial charge >= 0.3 is 6.09 Å². The Morgan fingerprint density at radius 3 is 2.38 bits per heavy atom. The van der Waals surface area contributed by atoms with Gasteiger partial charge in [-0.25, -0.2) is 4.79 Å². The van der Waals surface area contributed by atoms with Crippen LogP contribution >= 0.6 is 12.2 Å². The first-order valence-electron chi connectivity index (χ1n) is 5.46. The van der Waals surface area contributed by atoms with Crippen LogP contribution in [0, 0.1) is 0 Å². The predicted molar refractivity (Wildman–Crippen MR) is 66.4 cm³/mol. The Labute approximate surface area is 102 Å². The third-order valence-electron chi connectivity index (χ3n) is 2.90. The van der Waals surface area contributed by atoms with Crippen molar-refractivity contribution < 1.29 is 9.53 Å². The molecule has 0 aromatic heterocycles. The number of thiocarbonyl (C=S) groups is 1. The molecule has 1 fully saturated rings. The summed E-state index contributed by atoms with van der Waals surface area (Å²) in [5.41, 5.74) is 5.68. The molecule has 0 spiro atoms. The fourth-order valence-electron chi connectivity index (χ4n) is 1.98. The van der Waals surface area contributed by atoms with Crippen molar-refractivity contribution in [2.75, 3.05) is 33.3 Å². The number of nitrogens with two attached hydrogens (primary N) is 1. The molecule has 92 valence electrons. The number of hydrogen-bond acceptors (Lipinski definition) is 4. The highest BCUT2D eigenvalue weighted by Crippen LogP contribution is 2.10. The van der Waals surface area contributed by atoms with Crippen molar-refractivity contribution in [2.24, 2.45) is 5.73 Å². The number of rotatable bonds is 3. The van der Waals surface area contributed by atoms with Crippen LogP contribution in [-0.4, -0.2) is 60.2 Å². The molecule has 1 atom stereocenters. The molecular formula is C10H19N3O2S. The molecule has 1 aliphatic rings. The van der Waals surface area contributed by atoms with Gasteiger partial charge < -0.3 is 15.4 Å². The Morgan fingerprint density at radius 2 is 2.00 bits per heavy atom. The lowest BCUT2D eigenvalue weighted by atomic mass is 10.1. The first-order chi connectivity index (χ1) is 7.60. The van der Waals surface area contributed by atoms with Gasteiger partial charge in [-0.3, -0.25) is 4.90 Å². The highest BCUT2D eigenvalue weighted by Gasteiger charge is 2.26. The van der Waals surface area contributed by atoms with Gasteiger partial charge in [-0.05, 0) is 6.42 Å². The van der Waals surface area contributed by atoms with Gasteiger partial charge in [0, 0.05) is 26.2 Å². The minimum absolute atomic E-state index is 0.148. The van der Waals surface area contributed by atoms with Crippen LogP contribution in [0.5, 0.6) is 0 Å². The molecule has 16 heavy (non-hydrogen) atoms. The van der Waals surface area contributed by atoms with Crippen LogP contribution in [0.15, 0.2) is 0 Å². The lowest BCUT2D eigenvalue weighted by molar-refractivity contribution is 0.0846. The van der Waals surface area contributed by atoms with E-state index in [9.17, 15) is 4.79 Å². The average Bonchev–Trinajstić information content (AvgIpc) is 2.29. The third kappa shape index (κ3) is 3.05. The zero-order valence-electron chi connectivity index (χ0n) is 9.81. The number of nitrogens with zero attached hydrogens (tertiary/aromatic N) is 2. The van der Waals surface area contributed by atoms with Crippen molar-refractivity contribution in [3.63, 3.8) is 0 Å². The molecule has 1 amide bonds. The maximum absolute atomic E-state index is 11.3. The number of carbonyl (C=O) groups is 1. The van der Waals surface area contributed by atoms with Crippen molar-refractivity contribution in [2.45, 2.75) is 19.4 Å². The summed E-state index contributed by atoms with van der Waals surface area (Å²) >= 11 is 5.03. The Morgan fingerprint density at radius 1 is 1.44 bits per heavy atom. The van der Waals surface area contributed by atoms with E-state index in [1.807, 2.05) is 0 Å². The lowest BCUT2D eigenvalue weighted by Crippen LogP contribution is -2.54. The van der Waals surface area contributed by atoms with E-state index in [4.69, 9.17) is 18.0 Å². The van der Waals surface area contributed by atoms with E-state index in [0.29, 0.717) is 18.1 Å². The third-order valence-corrected chi connectivity index (χ3v) is 3.18. The van der Waals surface area contributed by atoms with Gasteiger partial charge in [0.1, 0.15) is 0 Å². The smallest absolute Gasteiger partial charge is 0.409 e. The second-order valence-electron chi connectivity index (χ2n) is 3.82. The maximum atomic E-state index is 11.3. The van der Waals surface area contributed by atoms with Crippen LogP contribution in [0.3, 0.4) is 0 Å². The van der Waals surface area contributed by atoms with E-state index in [1.54, 1.807) is 4.90 Å². The molecule has 1 saturated heterocycles. The van der Waals surface area contributed by atoms with Crippen molar-refractivity contribution in [1.82, 2.24) is 9.80 Å². The topological polar surface area (TPSA) is 58.8 Å².